The van der Waals surface area contributed by atoms with Crippen LogP contribution in [0, 0.1) is 0 Å². The Morgan fingerprint density at radius 3 is 2.86 bits per heavy atom. The van der Waals surface area contributed by atoms with Gasteiger partial charge in [-0.2, -0.15) is 0 Å². The molecule has 29 heavy (non-hydrogen) atoms. The largest absolute Gasteiger partial charge is 0.305 e. The van der Waals surface area contributed by atoms with Crippen molar-refractivity contribution in [2.24, 2.45) is 0 Å². The van der Waals surface area contributed by atoms with Gasteiger partial charge in [-0.3, -0.25) is 15.0 Å². The third kappa shape index (κ3) is 3.92. The summed E-state index contributed by atoms with van der Waals surface area (Å²) in [6.45, 7) is 0.942. The highest BCUT2D eigenvalue weighted by Crippen LogP contribution is 2.30. The fourth-order valence-corrected chi connectivity index (χ4v) is 4.32. The minimum Gasteiger partial charge on any atom is -0.305 e. The first kappa shape index (κ1) is 18.0. The van der Waals surface area contributed by atoms with Gasteiger partial charge in [-0.25, -0.2) is 9.97 Å². The normalized spacial score (nSPS) is 13.9. The van der Waals surface area contributed by atoms with Crippen LogP contribution in [0.15, 0.2) is 61.1 Å². The number of carbonyl (C=O) groups excluding carboxylic acids is 1. The quantitative estimate of drug-likeness (QED) is 0.521. The maximum atomic E-state index is 12.6. The number of carbonyl (C=O) groups is 1. The molecule has 1 aliphatic carbocycles. The smallest absolute Gasteiger partial charge is 0.277 e. The Labute approximate surface area is 172 Å². The second-order valence-electron chi connectivity index (χ2n) is 7.42. The Hall–Kier alpha value is -3.03. The molecule has 6 nitrogen and oxygen atoms in total. The molecular formula is C22H21N5OS. The van der Waals surface area contributed by atoms with Crippen LogP contribution in [0.5, 0.6) is 0 Å². The van der Waals surface area contributed by atoms with Crippen LogP contribution in [-0.2, 0) is 6.54 Å². The number of thiazole rings is 1. The molecule has 7 heteroatoms. The van der Waals surface area contributed by atoms with E-state index in [-0.39, 0.29) is 5.91 Å². The van der Waals surface area contributed by atoms with Gasteiger partial charge in [0.15, 0.2) is 5.13 Å². The molecule has 1 saturated carbocycles. The molecule has 2 aromatic heterocycles. The first-order chi connectivity index (χ1) is 14.2. The summed E-state index contributed by atoms with van der Waals surface area (Å²) in [7, 11) is 2.18. The van der Waals surface area contributed by atoms with Crippen molar-refractivity contribution in [1.29, 1.82) is 0 Å². The van der Waals surface area contributed by atoms with Crippen LogP contribution in [0.25, 0.3) is 15.9 Å². The Balaban J connectivity index is 1.31. The molecule has 0 saturated heterocycles. The molecule has 1 aliphatic rings. The van der Waals surface area contributed by atoms with Gasteiger partial charge in [-0.15, -0.1) is 0 Å². The number of hydrogen-bond acceptors (Lipinski definition) is 5. The van der Waals surface area contributed by atoms with Crippen LogP contribution in [0.2, 0.25) is 0 Å². The van der Waals surface area contributed by atoms with Crippen LogP contribution in [0.4, 0.5) is 5.13 Å². The number of nitrogens with one attached hydrogen (secondary N) is 1. The lowest BCUT2D eigenvalue weighted by Crippen LogP contribution is -2.19. The summed E-state index contributed by atoms with van der Waals surface area (Å²) in [4.78, 5) is 23.8. The molecule has 4 aromatic rings. The summed E-state index contributed by atoms with van der Waals surface area (Å²) in [5, 5.41) is 3.47. The number of hydrogen-bond donors (Lipinski definition) is 1. The monoisotopic (exact) mass is 403 g/mol. The second kappa shape index (κ2) is 7.42. The van der Waals surface area contributed by atoms with Crippen molar-refractivity contribution in [2.45, 2.75) is 25.4 Å². The van der Waals surface area contributed by atoms with E-state index in [4.69, 9.17) is 0 Å². The van der Waals surface area contributed by atoms with Crippen molar-refractivity contribution in [3.05, 3.63) is 72.3 Å². The van der Waals surface area contributed by atoms with Crippen molar-refractivity contribution in [3.63, 3.8) is 0 Å². The van der Waals surface area contributed by atoms with E-state index in [1.807, 2.05) is 41.0 Å². The van der Waals surface area contributed by atoms with Crippen molar-refractivity contribution >= 4 is 32.6 Å². The topological polar surface area (TPSA) is 63.1 Å². The van der Waals surface area contributed by atoms with E-state index in [0.29, 0.717) is 10.8 Å². The SMILES string of the molecule is CN(Cc1ccc2nc(NC(=O)c3cn(-c4ccccc4)cn3)sc2c1)C1CC1. The Morgan fingerprint density at radius 1 is 1.24 bits per heavy atom. The van der Waals surface area contributed by atoms with E-state index in [0.717, 1.165) is 28.5 Å². The summed E-state index contributed by atoms with van der Waals surface area (Å²) in [5.41, 5.74) is 3.50. The second-order valence-corrected chi connectivity index (χ2v) is 8.45. The number of rotatable bonds is 6. The van der Waals surface area contributed by atoms with E-state index in [2.05, 4.69) is 39.4 Å². The van der Waals surface area contributed by atoms with Crippen LogP contribution in [-0.4, -0.2) is 38.4 Å². The molecule has 0 aliphatic heterocycles. The molecule has 1 amide bonds. The maximum Gasteiger partial charge on any atom is 0.277 e. The summed E-state index contributed by atoms with van der Waals surface area (Å²) < 4.78 is 2.91. The minimum absolute atomic E-state index is 0.257. The molecule has 0 spiro atoms. The van der Waals surface area contributed by atoms with Crippen LogP contribution in [0.3, 0.4) is 0 Å². The number of aromatic nitrogens is 3. The van der Waals surface area contributed by atoms with Gasteiger partial charge in [-0.05, 0) is 49.7 Å². The van der Waals surface area contributed by atoms with Gasteiger partial charge in [0.25, 0.3) is 5.91 Å². The highest BCUT2D eigenvalue weighted by Gasteiger charge is 2.25. The number of nitrogens with zero attached hydrogens (tertiary/aromatic N) is 4. The van der Waals surface area contributed by atoms with Gasteiger partial charge in [0.2, 0.25) is 0 Å². The molecule has 0 radical (unpaired) electrons. The number of anilines is 1. The summed E-state index contributed by atoms with van der Waals surface area (Å²) in [6, 6.07) is 16.8. The maximum absolute atomic E-state index is 12.6. The van der Waals surface area contributed by atoms with E-state index in [1.54, 1.807) is 12.5 Å². The van der Waals surface area contributed by atoms with Crippen molar-refractivity contribution < 1.29 is 4.79 Å². The molecule has 0 atom stereocenters. The lowest BCUT2D eigenvalue weighted by atomic mass is 10.2. The fraction of sp³-hybridized carbons (Fsp3) is 0.227. The lowest BCUT2D eigenvalue weighted by Gasteiger charge is -2.15. The van der Waals surface area contributed by atoms with E-state index in [1.165, 1.54) is 29.7 Å². The first-order valence-electron chi connectivity index (χ1n) is 9.66. The lowest BCUT2D eigenvalue weighted by molar-refractivity contribution is 0.102. The van der Waals surface area contributed by atoms with E-state index >= 15 is 0 Å². The van der Waals surface area contributed by atoms with Gasteiger partial charge in [0.1, 0.15) is 12.0 Å². The van der Waals surface area contributed by atoms with Crippen molar-refractivity contribution in [1.82, 2.24) is 19.4 Å². The molecule has 0 unspecified atom stereocenters. The zero-order valence-corrected chi connectivity index (χ0v) is 16.9. The average Bonchev–Trinajstić information content (AvgIpc) is 3.33. The Kier molecular flexibility index (Phi) is 4.61. The van der Waals surface area contributed by atoms with E-state index in [9.17, 15) is 4.79 Å². The zero-order valence-electron chi connectivity index (χ0n) is 16.1. The number of imidazole rings is 1. The Bertz CT molecular complexity index is 1160. The highest BCUT2D eigenvalue weighted by atomic mass is 32.1. The molecular weight excluding hydrogens is 382 g/mol. The summed E-state index contributed by atoms with van der Waals surface area (Å²) in [5.74, 6) is -0.257. The average molecular weight is 404 g/mol. The van der Waals surface area contributed by atoms with Crippen LogP contribution >= 0.6 is 11.3 Å². The highest BCUT2D eigenvalue weighted by molar-refractivity contribution is 7.22. The first-order valence-corrected chi connectivity index (χ1v) is 10.5. The zero-order chi connectivity index (χ0) is 19.8. The predicted octanol–water partition coefficient (Wildman–Crippen LogP) is 4.33. The predicted molar refractivity (Wildman–Crippen MR) is 116 cm³/mol. The van der Waals surface area contributed by atoms with Crippen LogP contribution in [0.1, 0.15) is 28.9 Å². The third-order valence-electron chi connectivity index (χ3n) is 5.15. The van der Waals surface area contributed by atoms with Crippen molar-refractivity contribution in [3.8, 4) is 5.69 Å². The number of para-hydroxylation sites is 1. The molecule has 1 N–H and O–H groups in total. The number of benzene rings is 2. The standard InChI is InChI=1S/C22H21N5OS/c1-26(16-8-9-16)12-15-7-10-18-20(11-15)29-22(24-18)25-21(28)19-13-27(14-23-19)17-5-3-2-4-6-17/h2-7,10-11,13-14,16H,8-9,12H2,1H3,(H,24,25,28). The molecule has 2 heterocycles. The molecule has 5 rings (SSSR count). The third-order valence-corrected chi connectivity index (χ3v) is 6.08. The minimum atomic E-state index is -0.257. The molecule has 2 aromatic carbocycles. The fourth-order valence-electron chi connectivity index (χ4n) is 3.40. The van der Waals surface area contributed by atoms with Crippen LogP contribution < -0.4 is 5.32 Å². The molecule has 146 valence electrons. The summed E-state index contributed by atoms with van der Waals surface area (Å²) in [6.07, 6.45) is 5.97. The van der Waals surface area contributed by atoms with Crippen molar-refractivity contribution in [2.75, 3.05) is 12.4 Å². The summed E-state index contributed by atoms with van der Waals surface area (Å²) >= 11 is 1.49. The number of fused-ring (bicyclic) bond motifs is 1. The van der Waals surface area contributed by atoms with Gasteiger partial charge >= 0.3 is 0 Å². The van der Waals surface area contributed by atoms with Gasteiger partial charge in [0.05, 0.1) is 10.2 Å². The Morgan fingerprint density at radius 2 is 2.07 bits per heavy atom. The number of amides is 1. The van der Waals surface area contributed by atoms with E-state index < -0.39 is 0 Å². The van der Waals surface area contributed by atoms with Gasteiger partial charge in [0, 0.05) is 24.5 Å². The van der Waals surface area contributed by atoms with Gasteiger partial charge < -0.3 is 4.57 Å². The molecule has 1 fully saturated rings. The van der Waals surface area contributed by atoms with Gasteiger partial charge in [-0.1, -0.05) is 35.6 Å². The molecule has 0 bridgehead atoms.